The number of methoxy groups -OCH3 is 1. The summed E-state index contributed by atoms with van der Waals surface area (Å²) in [6.45, 7) is 7.89. The normalized spacial score (nSPS) is 17.3. The lowest BCUT2D eigenvalue weighted by Crippen LogP contribution is -2.43. The van der Waals surface area contributed by atoms with Crippen molar-refractivity contribution in [2.45, 2.75) is 13.0 Å². The van der Waals surface area contributed by atoms with Gasteiger partial charge in [0.1, 0.15) is 0 Å². The highest BCUT2D eigenvalue weighted by Gasteiger charge is 2.22. The number of morpholine rings is 2. The first-order chi connectivity index (χ1) is 17.5. The summed E-state index contributed by atoms with van der Waals surface area (Å²) in [6.07, 6.45) is 0. The minimum atomic E-state index is -0.205. The average Bonchev–Trinajstić information content (AvgIpc) is 2.92. The monoisotopic (exact) mass is 497 g/mol. The molecule has 0 spiro atoms. The van der Waals surface area contributed by atoms with E-state index in [1.165, 1.54) is 12.7 Å². The number of benzene rings is 2. The van der Waals surface area contributed by atoms with Crippen LogP contribution in [0.2, 0.25) is 0 Å². The van der Waals surface area contributed by atoms with E-state index in [2.05, 4.69) is 34.5 Å². The van der Waals surface area contributed by atoms with Gasteiger partial charge < -0.3 is 29.2 Å². The van der Waals surface area contributed by atoms with Crippen molar-refractivity contribution in [3.8, 4) is 11.5 Å². The zero-order chi connectivity index (χ0) is 25.3. The number of amides is 2. The van der Waals surface area contributed by atoms with E-state index in [-0.39, 0.29) is 24.5 Å². The number of ether oxygens (including phenoxy) is 4. The maximum Gasteiger partial charge on any atom is 0.260 e. The van der Waals surface area contributed by atoms with Crippen LogP contribution in [-0.4, -0.2) is 94.5 Å². The van der Waals surface area contributed by atoms with Crippen LogP contribution < -0.4 is 14.8 Å². The van der Waals surface area contributed by atoms with Crippen molar-refractivity contribution in [1.82, 2.24) is 15.1 Å². The Morgan fingerprint density at radius 2 is 1.61 bits per heavy atom. The van der Waals surface area contributed by atoms with Crippen molar-refractivity contribution in [3.05, 3.63) is 59.2 Å². The molecule has 0 saturated carbocycles. The molecule has 9 heteroatoms. The number of carbonyl (C=O) groups is 2. The molecule has 2 aliphatic rings. The van der Waals surface area contributed by atoms with Crippen molar-refractivity contribution in [1.29, 1.82) is 0 Å². The Labute approximate surface area is 212 Å². The molecular formula is C27H35N3O6. The Bertz CT molecular complexity index is 1020. The van der Waals surface area contributed by atoms with E-state index in [0.29, 0.717) is 63.1 Å². The van der Waals surface area contributed by atoms with Gasteiger partial charge in [-0.25, -0.2) is 0 Å². The van der Waals surface area contributed by atoms with Gasteiger partial charge in [-0.1, -0.05) is 29.8 Å². The number of hydrogen-bond donors (Lipinski definition) is 1. The molecular weight excluding hydrogens is 462 g/mol. The molecule has 0 radical (unpaired) electrons. The Hall–Kier alpha value is -3.14. The van der Waals surface area contributed by atoms with E-state index in [9.17, 15) is 9.59 Å². The smallest absolute Gasteiger partial charge is 0.260 e. The Morgan fingerprint density at radius 3 is 2.28 bits per heavy atom. The molecule has 0 unspecified atom stereocenters. The van der Waals surface area contributed by atoms with E-state index in [4.69, 9.17) is 18.9 Å². The lowest BCUT2D eigenvalue weighted by Gasteiger charge is -2.31. The Kier molecular flexibility index (Phi) is 9.16. The van der Waals surface area contributed by atoms with Gasteiger partial charge in [-0.05, 0) is 30.7 Å². The number of carbonyl (C=O) groups excluding carboxylic acids is 2. The molecule has 2 aliphatic heterocycles. The van der Waals surface area contributed by atoms with Gasteiger partial charge in [0, 0.05) is 38.3 Å². The van der Waals surface area contributed by atoms with E-state index in [1.807, 2.05) is 6.92 Å². The van der Waals surface area contributed by atoms with E-state index < -0.39 is 0 Å². The minimum Gasteiger partial charge on any atom is -0.493 e. The van der Waals surface area contributed by atoms with Crippen molar-refractivity contribution < 1.29 is 28.5 Å². The zero-order valence-corrected chi connectivity index (χ0v) is 21.0. The second-order valence-electron chi connectivity index (χ2n) is 9.00. The van der Waals surface area contributed by atoms with Gasteiger partial charge in [0.15, 0.2) is 18.1 Å². The van der Waals surface area contributed by atoms with E-state index in [1.54, 1.807) is 23.1 Å². The number of nitrogens with zero attached hydrogens (tertiary/aromatic N) is 2. The van der Waals surface area contributed by atoms with Crippen molar-refractivity contribution in [3.63, 3.8) is 0 Å². The first-order valence-electron chi connectivity index (χ1n) is 12.4. The topological polar surface area (TPSA) is 89.6 Å². The maximum atomic E-state index is 13.3. The molecule has 194 valence electrons. The van der Waals surface area contributed by atoms with Crippen LogP contribution in [0.4, 0.5) is 0 Å². The van der Waals surface area contributed by atoms with E-state index in [0.717, 1.165) is 18.7 Å². The van der Waals surface area contributed by atoms with Gasteiger partial charge in [0.2, 0.25) is 0 Å². The average molecular weight is 498 g/mol. The maximum absolute atomic E-state index is 13.3. The number of aryl methyl sites for hydroxylation is 1. The van der Waals surface area contributed by atoms with Gasteiger partial charge in [-0.2, -0.15) is 0 Å². The summed E-state index contributed by atoms with van der Waals surface area (Å²) in [5.41, 5.74) is 2.68. The molecule has 1 atom stereocenters. The van der Waals surface area contributed by atoms with Gasteiger partial charge in [0.05, 0.1) is 39.6 Å². The molecule has 0 bridgehead atoms. The summed E-state index contributed by atoms with van der Waals surface area (Å²) >= 11 is 0. The SMILES string of the molecule is COc1cc(C(=O)N[C@@H](CN2CCOCC2)c2ccc(C)cc2)ccc1OCC(=O)N1CCOCC1. The van der Waals surface area contributed by atoms with Crippen LogP contribution in [0.3, 0.4) is 0 Å². The summed E-state index contributed by atoms with van der Waals surface area (Å²) in [7, 11) is 1.52. The summed E-state index contributed by atoms with van der Waals surface area (Å²) in [6, 6.07) is 13.1. The molecule has 2 aromatic carbocycles. The third-order valence-corrected chi connectivity index (χ3v) is 6.47. The highest BCUT2D eigenvalue weighted by Crippen LogP contribution is 2.28. The van der Waals surface area contributed by atoms with Gasteiger partial charge in [-0.15, -0.1) is 0 Å². The third kappa shape index (κ3) is 6.96. The third-order valence-electron chi connectivity index (χ3n) is 6.47. The fourth-order valence-electron chi connectivity index (χ4n) is 4.29. The van der Waals surface area contributed by atoms with Crippen molar-refractivity contribution in [2.24, 2.45) is 0 Å². The van der Waals surface area contributed by atoms with Gasteiger partial charge >= 0.3 is 0 Å². The molecule has 36 heavy (non-hydrogen) atoms. The Balaban J connectivity index is 1.43. The first kappa shape index (κ1) is 25.9. The van der Waals surface area contributed by atoms with Crippen molar-refractivity contribution >= 4 is 11.8 Å². The van der Waals surface area contributed by atoms with E-state index >= 15 is 0 Å². The Morgan fingerprint density at radius 1 is 0.944 bits per heavy atom. The fraction of sp³-hybridized carbons (Fsp3) is 0.481. The lowest BCUT2D eigenvalue weighted by molar-refractivity contribution is -0.137. The van der Waals surface area contributed by atoms with Crippen molar-refractivity contribution in [2.75, 3.05) is 72.9 Å². The number of nitrogens with one attached hydrogen (secondary N) is 1. The summed E-state index contributed by atoms with van der Waals surface area (Å²) < 4.78 is 22.0. The molecule has 4 rings (SSSR count). The molecule has 2 fully saturated rings. The van der Waals surface area contributed by atoms with Crippen LogP contribution in [0.1, 0.15) is 27.5 Å². The lowest BCUT2D eigenvalue weighted by atomic mass is 10.0. The molecule has 2 amide bonds. The highest BCUT2D eigenvalue weighted by molar-refractivity contribution is 5.95. The van der Waals surface area contributed by atoms with Crippen LogP contribution in [0.25, 0.3) is 0 Å². The summed E-state index contributed by atoms with van der Waals surface area (Å²) in [5.74, 6) is 0.505. The molecule has 9 nitrogen and oxygen atoms in total. The predicted octanol–water partition coefficient (Wildman–Crippen LogP) is 2.04. The van der Waals surface area contributed by atoms with Crippen LogP contribution in [0.15, 0.2) is 42.5 Å². The second kappa shape index (κ2) is 12.7. The van der Waals surface area contributed by atoms with Crippen LogP contribution in [0.5, 0.6) is 11.5 Å². The summed E-state index contributed by atoms with van der Waals surface area (Å²) in [5, 5.41) is 3.19. The van der Waals surface area contributed by atoms with Crippen LogP contribution >= 0.6 is 0 Å². The predicted molar refractivity (Wildman–Crippen MR) is 135 cm³/mol. The molecule has 1 N–H and O–H groups in total. The standard InChI is InChI=1S/C27H35N3O6/c1-20-3-5-21(6-4-20)23(18-29-9-13-34-14-10-29)28-27(32)22-7-8-24(25(17-22)33-2)36-19-26(31)30-11-15-35-16-12-30/h3-8,17,23H,9-16,18-19H2,1-2H3,(H,28,32)/t23-/m0/s1. The second-order valence-corrected chi connectivity index (χ2v) is 9.00. The quantitative estimate of drug-likeness (QED) is 0.567. The fourth-order valence-corrected chi connectivity index (χ4v) is 4.29. The molecule has 2 heterocycles. The zero-order valence-electron chi connectivity index (χ0n) is 21.0. The van der Waals surface area contributed by atoms with Gasteiger partial charge in [0.25, 0.3) is 11.8 Å². The highest BCUT2D eigenvalue weighted by atomic mass is 16.5. The van der Waals surface area contributed by atoms with Crippen LogP contribution in [-0.2, 0) is 14.3 Å². The molecule has 0 aromatic heterocycles. The van der Waals surface area contributed by atoms with Crippen LogP contribution in [0, 0.1) is 6.92 Å². The molecule has 2 saturated heterocycles. The van der Waals surface area contributed by atoms with Gasteiger partial charge in [-0.3, -0.25) is 14.5 Å². The molecule has 2 aromatic rings. The number of rotatable bonds is 9. The minimum absolute atomic E-state index is 0.100. The summed E-state index contributed by atoms with van der Waals surface area (Å²) in [4.78, 5) is 29.7. The largest absolute Gasteiger partial charge is 0.493 e. The number of hydrogen-bond acceptors (Lipinski definition) is 7. The molecule has 0 aliphatic carbocycles. The first-order valence-corrected chi connectivity index (χ1v) is 12.4.